The van der Waals surface area contributed by atoms with Gasteiger partial charge in [-0.2, -0.15) is 11.8 Å². The van der Waals surface area contributed by atoms with Crippen LogP contribution in [0.1, 0.15) is 30.9 Å². The molecule has 0 aromatic carbocycles. The molecule has 0 radical (unpaired) electrons. The van der Waals surface area contributed by atoms with Crippen LogP contribution in [-0.4, -0.2) is 21.8 Å². The SMILES string of the molecule is CC(C)SCc1nc(N)c2c(n1)CCOC2. The topological polar surface area (TPSA) is 61.0 Å². The van der Waals surface area contributed by atoms with Gasteiger partial charge in [0.25, 0.3) is 0 Å². The van der Waals surface area contributed by atoms with Crippen molar-refractivity contribution in [3.63, 3.8) is 0 Å². The van der Waals surface area contributed by atoms with Crippen LogP contribution in [0.5, 0.6) is 0 Å². The Kier molecular flexibility index (Phi) is 3.66. The standard InChI is InChI=1S/C11H17N3OS/c1-7(2)16-6-10-13-9-3-4-15-5-8(9)11(12)14-10/h7H,3-6H2,1-2H3,(H2,12,13,14). The maximum absolute atomic E-state index is 5.91. The summed E-state index contributed by atoms with van der Waals surface area (Å²) in [7, 11) is 0. The van der Waals surface area contributed by atoms with Crippen molar-refractivity contribution in [3.05, 3.63) is 17.1 Å². The van der Waals surface area contributed by atoms with E-state index in [1.54, 1.807) is 0 Å². The fourth-order valence-corrected chi connectivity index (χ4v) is 2.23. The summed E-state index contributed by atoms with van der Waals surface area (Å²) >= 11 is 1.83. The summed E-state index contributed by atoms with van der Waals surface area (Å²) in [5.74, 6) is 2.26. The number of thioether (sulfide) groups is 1. The molecule has 1 aliphatic heterocycles. The molecule has 4 nitrogen and oxygen atoms in total. The summed E-state index contributed by atoms with van der Waals surface area (Å²) < 4.78 is 5.35. The number of anilines is 1. The van der Waals surface area contributed by atoms with Gasteiger partial charge in [-0.3, -0.25) is 0 Å². The number of nitrogens with zero attached hydrogens (tertiary/aromatic N) is 2. The largest absolute Gasteiger partial charge is 0.383 e. The van der Waals surface area contributed by atoms with Crippen LogP contribution < -0.4 is 5.73 Å². The van der Waals surface area contributed by atoms with Crippen molar-refractivity contribution in [2.45, 2.75) is 37.9 Å². The molecule has 5 heteroatoms. The Morgan fingerprint density at radius 1 is 1.44 bits per heavy atom. The number of ether oxygens (including phenoxy) is 1. The van der Waals surface area contributed by atoms with Crippen molar-refractivity contribution in [1.29, 1.82) is 0 Å². The summed E-state index contributed by atoms with van der Waals surface area (Å²) in [4.78, 5) is 8.88. The first-order valence-electron chi connectivity index (χ1n) is 5.50. The van der Waals surface area contributed by atoms with Gasteiger partial charge in [0.1, 0.15) is 11.6 Å². The second-order valence-electron chi connectivity index (χ2n) is 4.11. The van der Waals surface area contributed by atoms with Gasteiger partial charge < -0.3 is 10.5 Å². The highest BCUT2D eigenvalue weighted by atomic mass is 32.2. The van der Waals surface area contributed by atoms with Crippen molar-refractivity contribution >= 4 is 17.6 Å². The lowest BCUT2D eigenvalue weighted by atomic mass is 10.1. The molecule has 0 bridgehead atoms. The molecule has 16 heavy (non-hydrogen) atoms. The summed E-state index contributed by atoms with van der Waals surface area (Å²) in [6.45, 7) is 5.62. The Morgan fingerprint density at radius 3 is 3.00 bits per heavy atom. The lowest BCUT2D eigenvalue weighted by Crippen LogP contribution is -2.17. The van der Waals surface area contributed by atoms with Crippen LogP contribution in [0.4, 0.5) is 5.82 Å². The lowest BCUT2D eigenvalue weighted by Gasteiger charge is -2.17. The predicted octanol–water partition coefficient (Wildman–Crippen LogP) is 1.77. The minimum Gasteiger partial charge on any atom is -0.383 e. The van der Waals surface area contributed by atoms with E-state index in [4.69, 9.17) is 10.5 Å². The van der Waals surface area contributed by atoms with Crippen LogP contribution >= 0.6 is 11.8 Å². The van der Waals surface area contributed by atoms with E-state index in [1.807, 2.05) is 11.8 Å². The molecular weight excluding hydrogens is 222 g/mol. The Bertz CT molecular complexity index is 382. The third kappa shape index (κ3) is 2.65. The quantitative estimate of drug-likeness (QED) is 0.871. The molecule has 0 spiro atoms. The van der Waals surface area contributed by atoms with E-state index in [1.165, 1.54) is 0 Å². The molecule has 0 saturated heterocycles. The van der Waals surface area contributed by atoms with Crippen LogP contribution in [0.25, 0.3) is 0 Å². The Labute approximate surface area is 100.0 Å². The van der Waals surface area contributed by atoms with Crippen molar-refractivity contribution in [2.24, 2.45) is 0 Å². The van der Waals surface area contributed by atoms with E-state index in [-0.39, 0.29) is 0 Å². The van der Waals surface area contributed by atoms with E-state index < -0.39 is 0 Å². The molecule has 88 valence electrons. The number of hydrogen-bond donors (Lipinski definition) is 1. The monoisotopic (exact) mass is 239 g/mol. The van der Waals surface area contributed by atoms with Gasteiger partial charge in [-0.15, -0.1) is 0 Å². The van der Waals surface area contributed by atoms with E-state index >= 15 is 0 Å². The summed E-state index contributed by atoms with van der Waals surface area (Å²) in [6.07, 6.45) is 0.849. The van der Waals surface area contributed by atoms with Crippen molar-refractivity contribution in [3.8, 4) is 0 Å². The fourth-order valence-electron chi connectivity index (χ4n) is 1.62. The van der Waals surface area contributed by atoms with Crippen LogP contribution in [0, 0.1) is 0 Å². The van der Waals surface area contributed by atoms with Crippen molar-refractivity contribution < 1.29 is 4.74 Å². The van der Waals surface area contributed by atoms with Crippen molar-refractivity contribution in [1.82, 2.24) is 9.97 Å². The molecule has 0 unspecified atom stereocenters. The molecular formula is C11H17N3OS. The minimum absolute atomic E-state index is 0.554. The highest BCUT2D eigenvalue weighted by Gasteiger charge is 2.16. The molecule has 0 amide bonds. The lowest BCUT2D eigenvalue weighted by molar-refractivity contribution is 0.109. The van der Waals surface area contributed by atoms with E-state index in [0.717, 1.165) is 35.9 Å². The third-order valence-corrected chi connectivity index (χ3v) is 3.54. The zero-order valence-electron chi connectivity index (χ0n) is 9.69. The molecule has 0 fully saturated rings. The maximum Gasteiger partial charge on any atom is 0.140 e. The molecule has 2 heterocycles. The van der Waals surface area contributed by atoms with Gasteiger partial charge >= 0.3 is 0 Å². The van der Waals surface area contributed by atoms with Gasteiger partial charge in [-0.25, -0.2) is 9.97 Å². The number of rotatable bonds is 3. The average Bonchev–Trinajstić information content (AvgIpc) is 2.26. The van der Waals surface area contributed by atoms with Gasteiger partial charge in [0.15, 0.2) is 0 Å². The number of nitrogens with two attached hydrogens (primary N) is 1. The second kappa shape index (κ2) is 5.01. The minimum atomic E-state index is 0.554. The molecule has 0 aliphatic carbocycles. The van der Waals surface area contributed by atoms with E-state index in [0.29, 0.717) is 17.7 Å². The van der Waals surface area contributed by atoms with Gasteiger partial charge in [0.05, 0.1) is 24.7 Å². The smallest absolute Gasteiger partial charge is 0.140 e. The molecule has 0 saturated carbocycles. The number of fused-ring (bicyclic) bond motifs is 1. The third-order valence-electron chi connectivity index (χ3n) is 2.45. The highest BCUT2D eigenvalue weighted by molar-refractivity contribution is 7.99. The molecule has 1 aliphatic rings. The molecule has 2 rings (SSSR count). The number of hydrogen-bond acceptors (Lipinski definition) is 5. The summed E-state index contributed by atoms with van der Waals surface area (Å²) in [5.41, 5.74) is 7.95. The molecule has 1 aromatic heterocycles. The first-order chi connectivity index (χ1) is 7.66. The average molecular weight is 239 g/mol. The van der Waals surface area contributed by atoms with Crippen molar-refractivity contribution in [2.75, 3.05) is 12.3 Å². The highest BCUT2D eigenvalue weighted by Crippen LogP contribution is 2.22. The first-order valence-corrected chi connectivity index (χ1v) is 6.55. The second-order valence-corrected chi connectivity index (χ2v) is 5.68. The van der Waals surface area contributed by atoms with Gasteiger partial charge in [0, 0.05) is 12.0 Å². The zero-order chi connectivity index (χ0) is 11.5. The summed E-state index contributed by atoms with van der Waals surface area (Å²) in [5, 5.41) is 0.587. The van der Waals surface area contributed by atoms with E-state index in [2.05, 4.69) is 23.8 Å². The Hall–Kier alpha value is -0.810. The predicted molar refractivity (Wildman–Crippen MR) is 66.2 cm³/mol. The van der Waals surface area contributed by atoms with Crippen LogP contribution in [0.2, 0.25) is 0 Å². The number of nitrogen functional groups attached to an aromatic ring is 1. The van der Waals surface area contributed by atoms with Crippen LogP contribution in [0.3, 0.4) is 0 Å². The molecule has 2 N–H and O–H groups in total. The summed E-state index contributed by atoms with van der Waals surface area (Å²) in [6, 6.07) is 0. The van der Waals surface area contributed by atoms with Gasteiger partial charge in [-0.05, 0) is 5.25 Å². The van der Waals surface area contributed by atoms with Gasteiger partial charge in [0.2, 0.25) is 0 Å². The Balaban J connectivity index is 2.18. The maximum atomic E-state index is 5.91. The van der Waals surface area contributed by atoms with E-state index in [9.17, 15) is 0 Å². The molecule has 1 aromatic rings. The van der Waals surface area contributed by atoms with Crippen LogP contribution in [-0.2, 0) is 23.5 Å². The van der Waals surface area contributed by atoms with Gasteiger partial charge in [-0.1, -0.05) is 13.8 Å². The van der Waals surface area contributed by atoms with Crippen LogP contribution in [0.15, 0.2) is 0 Å². The normalized spacial score (nSPS) is 15.2. The Morgan fingerprint density at radius 2 is 2.25 bits per heavy atom. The first kappa shape index (κ1) is 11.7. The molecule has 0 atom stereocenters. The number of aromatic nitrogens is 2. The zero-order valence-corrected chi connectivity index (χ0v) is 10.5. The fraction of sp³-hybridized carbons (Fsp3) is 0.636.